The van der Waals surface area contributed by atoms with Crippen molar-refractivity contribution < 1.29 is 19.2 Å². The Hall–Kier alpha value is -1.95. The first kappa shape index (κ1) is 20.4. The van der Waals surface area contributed by atoms with Gasteiger partial charge in [0.05, 0.1) is 29.4 Å². The Morgan fingerprint density at radius 2 is 1.62 bits per heavy atom. The summed E-state index contributed by atoms with van der Waals surface area (Å²) in [5, 5.41) is 3.59. The fraction of sp³-hybridized carbons (Fsp3) is 0.316. The van der Waals surface area contributed by atoms with Crippen LogP contribution in [0.1, 0.15) is 6.92 Å². The zero-order valence-corrected chi connectivity index (χ0v) is 16.4. The summed E-state index contributed by atoms with van der Waals surface area (Å²) < 4.78 is 11.1. The van der Waals surface area contributed by atoms with E-state index >= 15 is 0 Å². The van der Waals surface area contributed by atoms with Gasteiger partial charge in [0, 0.05) is 0 Å². The highest BCUT2D eigenvalue weighted by molar-refractivity contribution is 6.39. The van der Waals surface area contributed by atoms with Gasteiger partial charge in [-0.1, -0.05) is 29.3 Å². The SMILES string of the molecule is CCOc1ccc(OCC[NH+](C)CC(=O)Nc2c(Cl)cccc2Cl)cc1. The first-order chi connectivity index (χ1) is 12.5. The van der Waals surface area contributed by atoms with Gasteiger partial charge >= 0.3 is 0 Å². The van der Waals surface area contributed by atoms with Crippen molar-refractivity contribution in [1.29, 1.82) is 0 Å². The van der Waals surface area contributed by atoms with Gasteiger partial charge in [-0.05, 0) is 43.3 Å². The minimum absolute atomic E-state index is 0.154. The third-order valence-electron chi connectivity index (χ3n) is 3.62. The third-order valence-corrected chi connectivity index (χ3v) is 4.25. The smallest absolute Gasteiger partial charge is 0.279 e. The fourth-order valence-electron chi connectivity index (χ4n) is 2.31. The average Bonchev–Trinajstić information content (AvgIpc) is 2.60. The van der Waals surface area contributed by atoms with E-state index in [9.17, 15) is 4.79 Å². The van der Waals surface area contributed by atoms with E-state index in [4.69, 9.17) is 32.7 Å². The molecule has 0 spiro atoms. The van der Waals surface area contributed by atoms with E-state index in [-0.39, 0.29) is 12.5 Å². The van der Waals surface area contributed by atoms with Crippen molar-refractivity contribution >= 4 is 34.8 Å². The fourth-order valence-corrected chi connectivity index (χ4v) is 2.80. The van der Waals surface area contributed by atoms with Gasteiger partial charge in [0.1, 0.15) is 24.7 Å². The molecule has 0 radical (unpaired) electrons. The van der Waals surface area contributed by atoms with Crippen molar-refractivity contribution in [3.05, 3.63) is 52.5 Å². The molecule has 0 aliphatic rings. The summed E-state index contributed by atoms with van der Waals surface area (Å²) in [6.07, 6.45) is 0. The second-order valence-electron chi connectivity index (χ2n) is 5.78. The van der Waals surface area contributed by atoms with Crippen LogP contribution in [0.15, 0.2) is 42.5 Å². The Bertz CT molecular complexity index is 703. The third kappa shape index (κ3) is 6.41. The van der Waals surface area contributed by atoms with Gasteiger partial charge in [0.25, 0.3) is 5.91 Å². The number of para-hydroxylation sites is 1. The zero-order chi connectivity index (χ0) is 18.9. The molecule has 26 heavy (non-hydrogen) atoms. The number of likely N-dealkylation sites (N-methyl/N-ethyl adjacent to an activating group) is 1. The van der Waals surface area contributed by atoms with Crippen molar-refractivity contribution in [2.75, 3.05) is 38.7 Å². The molecule has 0 saturated heterocycles. The normalized spacial score (nSPS) is 11.7. The van der Waals surface area contributed by atoms with Crippen molar-refractivity contribution in [1.82, 2.24) is 0 Å². The van der Waals surface area contributed by atoms with E-state index in [0.717, 1.165) is 16.4 Å². The number of nitrogens with one attached hydrogen (secondary N) is 2. The number of carbonyl (C=O) groups excluding carboxylic acids is 1. The second-order valence-corrected chi connectivity index (χ2v) is 6.60. The summed E-state index contributed by atoms with van der Waals surface area (Å²) in [5.41, 5.74) is 0.444. The molecule has 1 unspecified atom stereocenters. The van der Waals surface area contributed by atoms with Gasteiger partial charge in [0.15, 0.2) is 6.54 Å². The molecular formula is C19H23Cl2N2O3+. The second kappa shape index (κ2) is 10.3. The zero-order valence-electron chi connectivity index (χ0n) is 14.9. The molecule has 2 aromatic rings. The van der Waals surface area contributed by atoms with E-state index in [0.29, 0.717) is 35.5 Å². The van der Waals surface area contributed by atoms with Crippen LogP contribution in [0, 0.1) is 0 Å². The molecule has 2 aromatic carbocycles. The molecule has 0 saturated carbocycles. The highest BCUT2D eigenvalue weighted by atomic mass is 35.5. The summed E-state index contributed by atoms with van der Waals surface area (Å²) in [7, 11) is 1.93. The maximum absolute atomic E-state index is 12.2. The molecule has 0 aliphatic heterocycles. The van der Waals surface area contributed by atoms with Crippen LogP contribution in [0.25, 0.3) is 0 Å². The Morgan fingerprint density at radius 3 is 2.19 bits per heavy atom. The highest BCUT2D eigenvalue weighted by Gasteiger charge is 2.13. The molecule has 2 N–H and O–H groups in total. The summed E-state index contributed by atoms with van der Waals surface area (Å²) >= 11 is 12.1. The molecular weight excluding hydrogens is 375 g/mol. The molecule has 0 bridgehead atoms. The average molecular weight is 398 g/mol. The predicted molar refractivity (Wildman–Crippen MR) is 105 cm³/mol. The van der Waals surface area contributed by atoms with Crippen LogP contribution in [0.4, 0.5) is 5.69 Å². The number of ether oxygens (including phenoxy) is 2. The number of benzene rings is 2. The van der Waals surface area contributed by atoms with Crippen LogP contribution in [-0.2, 0) is 4.79 Å². The van der Waals surface area contributed by atoms with Gasteiger partial charge in [0.2, 0.25) is 0 Å². The standard InChI is InChI=1S/C19H22Cl2N2O3/c1-3-25-14-7-9-15(10-8-14)26-12-11-23(2)13-18(24)22-19-16(20)5-4-6-17(19)21/h4-10H,3,11-13H2,1-2H3,(H,22,24)/p+1. The van der Waals surface area contributed by atoms with Gasteiger partial charge in [-0.3, -0.25) is 4.79 Å². The minimum atomic E-state index is -0.154. The van der Waals surface area contributed by atoms with E-state index in [1.54, 1.807) is 18.2 Å². The van der Waals surface area contributed by atoms with Crippen LogP contribution in [0.5, 0.6) is 11.5 Å². The van der Waals surface area contributed by atoms with Gasteiger partial charge in [-0.15, -0.1) is 0 Å². The molecule has 0 fully saturated rings. The van der Waals surface area contributed by atoms with Crippen LogP contribution in [-0.4, -0.2) is 39.3 Å². The highest BCUT2D eigenvalue weighted by Crippen LogP contribution is 2.29. The maximum Gasteiger partial charge on any atom is 0.279 e. The van der Waals surface area contributed by atoms with Crippen LogP contribution < -0.4 is 19.7 Å². The summed E-state index contributed by atoms with van der Waals surface area (Å²) in [4.78, 5) is 13.2. The Labute approximate surface area is 163 Å². The number of carbonyl (C=O) groups is 1. The molecule has 7 heteroatoms. The molecule has 2 rings (SSSR count). The summed E-state index contributed by atoms with van der Waals surface area (Å²) in [6.45, 7) is 4.04. The van der Waals surface area contributed by atoms with Crippen LogP contribution >= 0.6 is 23.2 Å². The number of halogens is 2. The Morgan fingerprint density at radius 1 is 1.04 bits per heavy atom. The lowest BCUT2D eigenvalue weighted by Crippen LogP contribution is -3.10. The number of quaternary nitrogens is 1. The Kier molecular flexibility index (Phi) is 8.04. The number of amides is 1. The topological polar surface area (TPSA) is 52.0 Å². The first-order valence-electron chi connectivity index (χ1n) is 8.40. The maximum atomic E-state index is 12.2. The molecule has 0 aromatic heterocycles. The lowest BCUT2D eigenvalue weighted by atomic mass is 10.3. The van der Waals surface area contributed by atoms with Crippen molar-refractivity contribution in [3.8, 4) is 11.5 Å². The monoisotopic (exact) mass is 397 g/mol. The lowest BCUT2D eigenvalue weighted by Gasteiger charge is -2.15. The lowest BCUT2D eigenvalue weighted by molar-refractivity contribution is -0.871. The van der Waals surface area contributed by atoms with Gasteiger partial charge in [-0.2, -0.15) is 0 Å². The first-order valence-corrected chi connectivity index (χ1v) is 9.16. The van der Waals surface area contributed by atoms with Crippen molar-refractivity contribution in [3.63, 3.8) is 0 Å². The summed E-state index contributed by atoms with van der Waals surface area (Å²) in [6, 6.07) is 12.6. The largest absolute Gasteiger partial charge is 0.494 e. The quantitative estimate of drug-likeness (QED) is 0.683. The van der Waals surface area contributed by atoms with E-state index in [1.807, 2.05) is 38.2 Å². The van der Waals surface area contributed by atoms with Gasteiger partial charge < -0.3 is 19.7 Å². The number of anilines is 1. The Balaban J connectivity index is 1.74. The van der Waals surface area contributed by atoms with E-state index < -0.39 is 0 Å². The predicted octanol–water partition coefficient (Wildman–Crippen LogP) is 2.92. The molecule has 0 aliphatic carbocycles. The molecule has 140 valence electrons. The molecule has 1 atom stereocenters. The van der Waals surface area contributed by atoms with Crippen molar-refractivity contribution in [2.45, 2.75) is 6.92 Å². The number of hydrogen-bond acceptors (Lipinski definition) is 3. The molecule has 5 nitrogen and oxygen atoms in total. The molecule has 1 amide bonds. The van der Waals surface area contributed by atoms with Crippen LogP contribution in [0.2, 0.25) is 10.0 Å². The molecule has 0 heterocycles. The van der Waals surface area contributed by atoms with Gasteiger partial charge in [-0.25, -0.2) is 0 Å². The van der Waals surface area contributed by atoms with Crippen molar-refractivity contribution in [2.24, 2.45) is 0 Å². The number of hydrogen-bond donors (Lipinski definition) is 2. The minimum Gasteiger partial charge on any atom is -0.494 e. The van der Waals surface area contributed by atoms with E-state index in [1.165, 1.54) is 0 Å². The number of rotatable bonds is 9. The van der Waals surface area contributed by atoms with Crippen LogP contribution in [0.3, 0.4) is 0 Å². The summed E-state index contributed by atoms with van der Waals surface area (Å²) in [5.74, 6) is 1.43. The van der Waals surface area contributed by atoms with E-state index in [2.05, 4.69) is 5.32 Å².